The van der Waals surface area contributed by atoms with Gasteiger partial charge in [-0.05, 0) is 41.0 Å². The third kappa shape index (κ3) is 6.73. The summed E-state index contributed by atoms with van der Waals surface area (Å²) in [7, 11) is -3.64. The molecule has 0 aliphatic carbocycles. The minimum Gasteiger partial charge on any atom is -0.443 e. The highest BCUT2D eigenvalue weighted by Crippen LogP contribution is 2.52. The molecule has 0 saturated heterocycles. The van der Waals surface area contributed by atoms with E-state index in [0.717, 1.165) is 11.1 Å². The predicted molar refractivity (Wildman–Crippen MR) is 78.7 cm³/mol. The van der Waals surface area contributed by atoms with Crippen molar-refractivity contribution in [2.45, 2.75) is 60.0 Å². The van der Waals surface area contributed by atoms with Crippen LogP contribution >= 0.6 is 7.75 Å². The maximum absolute atomic E-state index is 12.7. The molecule has 0 rings (SSSR count). The SMILES string of the molecule is CCCCN(C(=O)OC(C)(C)C)P(=O)(OCC)OCC. The molecule has 0 aromatic heterocycles. The van der Waals surface area contributed by atoms with Crippen LogP contribution in [0.3, 0.4) is 0 Å². The first-order chi connectivity index (χ1) is 9.20. The van der Waals surface area contributed by atoms with Gasteiger partial charge in [-0.25, -0.2) is 14.0 Å². The maximum Gasteiger partial charge on any atom is 0.440 e. The maximum atomic E-state index is 12.7. The highest BCUT2D eigenvalue weighted by molar-refractivity contribution is 7.52. The van der Waals surface area contributed by atoms with E-state index in [9.17, 15) is 9.36 Å². The molecule has 0 aliphatic heterocycles. The summed E-state index contributed by atoms with van der Waals surface area (Å²) in [4.78, 5) is 12.2. The molecule has 0 atom stereocenters. The Morgan fingerprint density at radius 2 is 1.60 bits per heavy atom. The van der Waals surface area contributed by atoms with Crippen LogP contribution in [0.2, 0.25) is 0 Å². The summed E-state index contributed by atoms with van der Waals surface area (Å²) in [5, 5.41) is 0. The Hall–Kier alpha value is -0.580. The van der Waals surface area contributed by atoms with Crippen LogP contribution in [-0.2, 0) is 18.3 Å². The molecule has 0 aromatic carbocycles. The number of carbonyl (C=O) groups is 1. The van der Waals surface area contributed by atoms with Gasteiger partial charge in [-0.15, -0.1) is 0 Å². The molecule has 0 radical (unpaired) electrons. The van der Waals surface area contributed by atoms with Gasteiger partial charge in [-0.2, -0.15) is 0 Å². The number of unbranched alkanes of at least 4 members (excludes halogenated alkanes) is 1. The molecule has 0 spiro atoms. The third-order valence-electron chi connectivity index (χ3n) is 2.21. The Balaban J connectivity index is 5.18. The number of hydrogen-bond donors (Lipinski definition) is 0. The summed E-state index contributed by atoms with van der Waals surface area (Å²) in [5.74, 6) is 0. The van der Waals surface area contributed by atoms with Crippen LogP contribution in [0, 0.1) is 0 Å². The monoisotopic (exact) mass is 309 g/mol. The van der Waals surface area contributed by atoms with Gasteiger partial charge in [0.15, 0.2) is 0 Å². The van der Waals surface area contributed by atoms with E-state index in [-0.39, 0.29) is 19.8 Å². The molecule has 6 nitrogen and oxygen atoms in total. The van der Waals surface area contributed by atoms with E-state index in [4.69, 9.17) is 13.8 Å². The Bertz CT molecular complexity index is 330. The van der Waals surface area contributed by atoms with E-state index in [1.165, 1.54) is 0 Å². The number of ether oxygens (including phenoxy) is 1. The van der Waals surface area contributed by atoms with E-state index in [1.54, 1.807) is 34.6 Å². The summed E-state index contributed by atoms with van der Waals surface area (Å²) < 4.78 is 29.6. The fraction of sp³-hybridized carbons (Fsp3) is 0.923. The molecule has 0 fully saturated rings. The van der Waals surface area contributed by atoms with E-state index >= 15 is 0 Å². The van der Waals surface area contributed by atoms with Crippen LogP contribution in [0.4, 0.5) is 4.79 Å². The van der Waals surface area contributed by atoms with Crippen LogP contribution in [0.25, 0.3) is 0 Å². The first kappa shape index (κ1) is 19.4. The van der Waals surface area contributed by atoms with Crippen molar-refractivity contribution < 1.29 is 23.1 Å². The Labute approximate surface area is 122 Å². The fourth-order valence-corrected chi connectivity index (χ4v) is 3.07. The molecular weight excluding hydrogens is 281 g/mol. The van der Waals surface area contributed by atoms with Crippen molar-refractivity contribution in [3.05, 3.63) is 0 Å². The van der Waals surface area contributed by atoms with Gasteiger partial charge >= 0.3 is 13.8 Å². The van der Waals surface area contributed by atoms with E-state index < -0.39 is 19.4 Å². The van der Waals surface area contributed by atoms with Crippen LogP contribution in [0.1, 0.15) is 54.4 Å². The number of amides is 1. The van der Waals surface area contributed by atoms with Crippen molar-refractivity contribution >= 4 is 13.8 Å². The van der Waals surface area contributed by atoms with Gasteiger partial charge in [0, 0.05) is 6.54 Å². The van der Waals surface area contributed by atoms with E-state index in [2.05, 4.69) is 0 Å². The molecule has 0 bridgehead atoms. The van der Waals surface area contributed by atoms with Crippen molar-refractivity contribution in [1.82, 2.24) is 4.67 Å². The smallest absolute Gasteiger partial charge is 0.440 e. The van der Waals surface area contributed by atoms with Crippen LogP contribution in [-0.4, -0.2) is 36.1 Å². The van der Waals surface area contributed by atoms with Crippen molar-refractivity contribution in [2.75, 3.05) is 19.8 Å². The molecule has 7 heteroatoms. The average molecular weight is 309 g/mol. The average Bonchev–Trinajstić information content (AvgIpc) is 2.27. The topological polar surface area (TPSA) is 65.1 Å². The first-order valence-electron chi connectivity index (χ1n) is 7.10. The zero-order chi connectivity index (χ0) is 15.8. The van der Waals surface area contributed by atoms with Crippen LogP contribution in [0.5, 0.6) is 0 Å². The lowest BCUT2D eigenvalue weighted by Crippen LogP contribution is -2.36. The van der Waals surface area contributed by atoms with Gasteiger partial charge in [-0.1, -0.05) is 13.3 Å². The number of nitrogens with zero attached hydrogens (tertiary/aromatic N) is 1. The number of rotatable bonds is 8. The van der Waals surface area contributed by atoms with Gasteiger partial charge in [0.1, 0.15) is 5.60 Å². The number of hydrogen-bond acceptors (Lipinski definition) is 5. The third-order valence-corrected chi connectivity index (χ3v) is 4.33. The molecule has 0 unspecified atom stereocenters. The Kier molecular flexibility index (Phi) is 8.40. The lowest BCUT2D eigenvalue weighted by molar-refractivity contribution is 0.0317. The lowest BCUT2D eigenvalue weighted by Gasteiger charge is -2.31. The van der Waals surface area contributed by atoms with Gasteiger partial charge in [0.2, 0.25) is 0 Å². The Morgan fingerprint density at radius 1 is 1.10 bits per heavy atom. The normalized spacial score (nSPS) is 12.3. The zero-order valence-electron chi connectivity index (χ0n) is 13.5. The first-order valence-corrected chi connectivity index (χ1v) is 8.59. The van der Waals surface area contributed by atoms with Gasteiger partial charge in [-0.3, -0.25) is 9.05 Å². The second-order valence-corrected chi connectivity index (χ2v) is 7.20. The summed E-state index contributed by atoms with van der Waals surface area (Å²) in [5.41, 5.74) is -0.662. The molecule has 0 aliphatic rings. The summed E-state index contributed by atoms with van der Waals surface area (Å²) >= 11 is 0. The predicted octanol–water partition coefficient (Wildman–Crippen LogP) is 4.20. The largest absolute Gasteiger partial charge is 0.443 e. The number of carbonyl (C=O) groups excluding carboxylic acids is 1. The summed E-state index contributed by atoms with van der Waals surface area (Å²) in [6, 6.07) is 0. The summed E-state index contributed by atoms with van der Waals surface area (Å²) in [6.45, 7) is 11.4. The minimum absolute atomic E-state index is 0.197. The summed E-state index contributed by atoms with van der Waals surface area (Å²) in [6.07, 6.45) is 0.886. The van der Waals surface area contributed by atoms with Crippen LogP contribution in [0.15, 0.2) is 0 Å². The van der Waals surface area contributed by atoms with Crippen molar-refractivity contribution in [2.24, 2.45) is 0 Å². The van der Waals surface area contributed by atoms with E-state index in [1.807, 2.05) is 6.92 Å². The molecule has 0 N–H and O–H groups in total. The quantitative estimate of drug-likeness (QED) is 0.628. The van der Waals surface area contributed by atoms with Gasteiger partial charge < -0.3 is 4.74 Å². The fourth-order valence-electron chi connectivity index (χ4n) is 1.44. The highest BCUT2D eigenvalue weighted by Gasteiger charge is 2.39. The second kappa shape index (κ2) is 8.65. The minimum atomic E-state index is -3.64. The van der Waals surface area contributed by atoms with E-state index in [0.29, 0.717) is 6.42 Å². The molecule has 0 heterocycles. The molecule has 0 saturated carbocycles. The van der Waals surface area contributed by atoms with Crippen LogP contribution < -0.4 is 0 Å². The van der Waals surface area contributed by atoms with Gasteiger partial charge in [0.05, 0.1) is 13.2 Å². The standard InChI is InChI=1S/C13H28NO5P/c1-7-10-11-14(12(15)19-13(4,5)6)20(16,17-8-2)18-9-3/h7-11H2,1-6H3. The van der Waals surface area contributed by atoms with Crippen molar-refractivity contribution in [1.29, 1.82) is 0 Å². The van der Waals surface area contributed by atoms with Crippen molar-refractivity contribution in [3.63, 3.8) is 0 Å². The molecule has 20 heavy (non-hydrogen) atoms. The second-order valence-electron chi connectivity index (χ2n) is 5.26. The highest BCUT2D eigenvalue weighted by atomic mass is 31.2. The van der Waals surface area contributed by atoms with Crippen molar-refractivity contribution in [3.8, 4) is 0 Å². The molecular formula is C13H28NO5P. The Morgan fingerprint density at radius 3 is 1.95 bits per heavy atom. The van der Waals surface area contributed by atoms with Gasteiger partial charge in [0.25, 0.3) is 0 Å². The lowest BCUT2D eigenvalue weighted by atomic mass is 10.2. The molecule has 120 valence electrons. The zero-order valence-corrected chi connectivity index (χ0v) is 14.4. The molecule has 0 aromatic rings. The molecule has 1 amide bonds.